The number of hydrogen-bond donors (Lipinski definition) is 3. The van der Waals surface area contributed by atoms with Gasteiger partial charge in [-0.05, 0) is 107 Å². The highest BCUT2D eigenvalue weighted by molar-refractivity contribution is 6.11. The van der Waals surface area contributed by atoms with E-state index in [0.717, 1.165) is 38.5 Å². The van der Waals surface area contributed by atoms with Crippen LogP contribution in [-0.4, -0.2) is 95.0 Å². The SMILES string of the molecule is C[C@@H](c1ccc(NC(=O)[C@@H](C(=O)Nc2nonc2C2CC2)C(C2CC2)C2CC2)c(F)c1)[C@@H](NC(=O)OC(C)(C)C)C(=O)N1CCN(C)[C@H](CF)C1. The van der Waals surface area contributed by atoms with Crippen LogP contribution in [0, 0.1) is 29.5 Å². The summed E-state index contributed by atoms with van der Waals surface area (Å²) in [6, 6.07) is 2.54. The zero-order chi connectivity index (χ0) is 36.6. The van der Waals surface area contributed by atoms with Crippen LogP contribution in [0.1, 0.15) is 89.3 Å². The molecule has 0 radical (unpaired) electrons. The second-order valence-electron chi connectivity index (χ2n) is 15.7. The number of halogens is 2. The predicted molar refractivity (Wildman–Crippen MR) is 183 cm³/mol. The number of likely N-dealkylation sites (N-methyl/N-ethyl adjacent to an activating group) is 1. The van der Waals surface area contributed by atoms with Crippen molar-refractivity contribution < 1.29 is 37.3 Å². The van der Waals surface area contributed by atoms with E-state index in [1.54, 1.807) is 40.8 Å². The molecule has 4 amide bonds. The van der Waals surface area contributed by atoms with Crippen LogP contribution >= 0.6 is 0 Å². The molecule has 2 aromatic rings. The second kappa shape index (κ2) is 14.8. The van der Waals surface area contributed by atoms with E-state index in [9.17, 15) is 23.6 Å². The quantitative estimate of drug-likeness (QED) is 0.248. The van der Waals surface area contributed by atoms with Gasteiger partial charge in [-0.25, -0.2) is 18.2 Å². The van der Waals surface area contributed by atoms with E-state index in [0.29, 0.717) is 24.3 Å². The summed E-state index contributed by atoms with van der Waals surface area (Å²) in [5.41, 5.74) is -0.00219. The molecule has 4 fully saturated rings. The number of piperazine rings is 1. The van der Waals surface area contributed by atoms with Crippen molar-refractivity contribution in [2.45, 2.75) is 95.7 Å². The molecule has 3 aliphatic carbocycles. The predicted octanol–water partition coefficient (Wildman–Crippen LogP) is 4.82. The Morgan fingerprint density at radius 2 is 1.67 bits per heavy atom. The minimum absolute atomic E-state index is 0.117. The van der Waals surface area contributed by atoms with Crippen molar-refractivity contribution in [2.75, 3.05) is 44.0 Å². The topological polar surface area (TPSA) is 159 Å². The number of nitrogens with zero attached hydrogens (tertiary/aromatic N) is 4. The summed E-state index contributed by atoms with van der Waals surface area (Å²) in [7, 11) is 1.79. The van der Waals surface area contributed by atoms with Crippen molar-refractivity contribution >= 4 is 35.3 Å². The Bertz CT molecular complexity index is 1610. The van der Waals surface area contributed by atoms with Crippen LogP contribution < -0.4 is 16.0 Å². The molecule has 278 valence electrons. The van der Waals surface area contributed by atoms with Crippen LogP contribution in [0.5, 0.6) is 0 Å². The Kier molecular flexibility index (Phi) is 10.7. The van der Waals surface area contributed by atoms with E-state index in [1.807, 2.05) is 4.90 Å². The first-order valence-corrected chi connectivity index (χ1v) is 18.0. The summed E-state index contributed by atoms with van der Waals surface area (Å²) in [6.45, 7) is 7.06. The summed E-state index contributed by atoms with van der Waals surface area (Å²) in [5.74, 6) is -3.49. The summed E-state index contributed by atoms with van der Waals surface area (Å²) in [6.07, 6.45) is 4.74. The molecule has 1 aromatic heterocycles. The number of hydrogen-bond acceptors (Lipinski definition) is 9. The van der Waals surface area contributed by atoms with Crippen molar-refractivity contribution in [3.8, 4) is 0 Å². The van der Waals surface area contributed by atoms with Gasteiger partial charge >= 0.3 is 6.09 Å². The van der Waals surface area contributed by atoms with Gasteiger partial charge < -0.3 is 25.6 Å². The minimum Gasteiger partial charge on any atom is -0.444 e. The summed E-state index contributed by atoms with van der Waals surface area (Å²) in [4.78, 5) is 57.9. The number of alkyl carbamates (subject to hydrolysis) is 1. The Morgan fingerprint density at radius 1 is 1.00 bits per heavy atom. The smallest absolute Gasteiger partial charge is 0.408 e. The number of anilines is 2. The Labute approximate surface area is 296 Å². The molecule has 1 saturated heterocycles. The molecule has 1 aliphatic heterocycles. The first-order valence-electron chi connectivity index (χ1n) is 18.0. The molecule has 0 bridgehead atoms. The van der Waals surface area contributed by atoms with Gasteiger partial charge in [0.25, 0.3) is 0 Å². The van der Waals surface area contributed by atoms with Crippen LogP contribution in [-0.2, 0) is 19.1 Å². The maximum Gasteiger partial charge on any atom is 0.408 e. The highest BCUT2D eigenvalue weighted by Gasteiger charge is 2.51. The average molecular weight is 714 g/mol. The number of amides is 4. The zero-order valence-corrected chi connectivity index (χ0v) is 29.9. The fourth-order valence-corrected chi connectivity index (χ4v) is 7.12. The van der Waals surface area contributed by atoms with Crippen molar-refractivity contribution in [1.29, 1.82) is 0 Å². The van der Waals surface area contributed by atoms with Crippen LogP contribution in [0.4, 0.5) is 25.1 Å². The largest absolute Gasteiger partial charge is 0.444 e. The third kappa shape index (κ3) is 8.85. The summed E-state index contributed by atoms with van der Waals surface area (Å²) >= 11 is 0. The Morgan fingerprint density at radius 3 is 2.25 bits per heavy atom. The molecule has 2 heterocycles. The lowest BCUT2D eigenvalue weighted by Crippen LogP contribution is -2.59. The average Bonchev–Trinajstić information content (AvgIpc) is 3.94. The lowest BCUT2D eigenvalue weighted by atomic mass is 9.82. The van der Waals surface area contributed by atoms with Gasteiger partial charge in [0.15, 0.2) is 0 Å². The standard InChI is InChI=1S/C36H49F2N7O6/c1-19(29(40-35(49)50-36(2,3)4)34(48)45-15-14-44(5)24(17-37)18-45)23-12-13-26(25(38)16-23)39-32(46)28(27(20-6-7-20)21-8-9-21)33(47)41-31-30(22-10-11-22)42-51-43-31/h12-13,16,19-22,24,27-29H,6-11,14-15,17-18H2,1-5H3,(H,39,46)(H,40,49)(H,41,43,47)/t19-,24+,28-,29+/m0/s1. The van der Waals surface area contributed by atoms with Gasteiger partial charge in [-0.15, -0.1) is 0 Å². The first kappa shape index (κ1) is 36.6. The van der Waals surface area contributed by atoms with E-state index >= 15 is 4.39 Å². The Balaban J connectivity index is 1.20. The molecule has 3 saturated carbocycles. The van der Waals surface area contributed by atoms with Crippen molar-refractivity contribution in [2.24, 2.45) is 23.7 Å². The van der Waals surface area contributed by atoms with E-state index < -0.39 is 65.8 Å². The number of benzene rings is 1. The maximum atomic E-state index is 15.9. The molecule has 15 heteroatoms. The third-order valence-corrected chi connectivity index (χ3v) is 10.5. The van der Waals surface area contributed by atoms with Crippen molar-refractivity contribution in [3.63, 3.8) is 0 Å². The van der Waals surface area contributed by atoms with Crippen molar-refractivity contribution in [3.05, 3.63) is 35.3 Å². The fraction of sp³-hybridized carbons (Fsp3) is 0.667. The highest BCUT2D eigenvalue weighted by atomic mass is 19.1. The number of aromatic nitrogens is 2. The molecule has 0 unspecified atom stereocenters. The molecule has 13 nitrogen and oxygen atoms in total. The maximum absolute atomic E-state index is 15.9. The molecule has 1 aromatic carbocycles. The minimum atomic E-state index is -1.15. The number of carbonyl (C=O) groups excluding carboxylic acids is 4. The lowest BCUT2D eigenvalue weighted by Gasteiger charge is -2.40. The molecule has 0 spiro atoms. The number of ether oxygens (including phenoxy) is 1. The van der Waals surface area contributed by atoms with Crippen LogP contribution in [0.15, 0.2) is 22.8 Å². The number of rotatable bonds is 13. The second-order valence-corrected chi connectivity index (χ2v) is 15.7. The van der Waals surface area contributed by atoms with Crippen molar-refractivity contribution in [1.82, 2.24) is 25.4 Å². The monoisotopic (exact) mass is 713 g/mol. The lowest BCUT2D eigenvalue weighted by molar-refractivity contribution is -0.137. The van der Waals surface area contributed by atoms with Gasteiger partial charge in [0, 0.05) is 31.5 Å². The molecular weight excluding hydrogens is 664 g/mol. The zero-order valence-electron chi connectivity index (χ0n) is 29.9. The Hall–Kier alpha value is -4.14. The van der Waals surface area contributed by atoms with Crippen LogP contribution in [0.25, 0.3) is 0 Å². The van der Waals surface area contributed by atoms with Gasteiger partial charge in [-0.3, -0.25) is 19.3 Å². The molecule has 4 aliphatic rings. The van der Waals surface area contributed by atoms with Gasteiger partial charge in [0.05, 0.1) is 11.7 Å². The third-order valence-electron chi connectivity index (χ3n) is 10.5. The summed E-state index contributed by atoms with van der Waals surface area (Å²) < 4.78 is 40.0. The summed E-state index contributed by atoms with van der Waals surface area (Å²) in [5, 5.41) is 16.0. The highest BCUT2D eigenvalue weighted by Crippen LogP contribution is 2.53. The van der Waals surface area contributed by atoms with E-state index in [-0.39, 0.29) is 41.7 Å². The van der Waals surface area contributed by atoms with Crippen LogP contribution in [0.3, 0.4) is 0 Å². The number of carbonyl (C=O) groups is 4. The first-order chi connectivity index (χ1) is 24.2. The van der Waals surface area contributed by atoms with Gasteiger partial charge in [-0.1, -0.05) is 18.1 Å². The number of alkyl halides is 1. The fourth-order valence-electron chi connectivity index (χ4n) is 7.12. The molecular formula is C36H49F2N7O6. The van der Waals surface area contributed by atoms with Gasteiger partial charge in [0.2, 0.25) is 23.5 Å². The number of nitrogens with one attached hydrogen (secondary N) is 3. The van der Waals surface area contributed by atoms with E-state index in [4.69, 9.17) is 9.37 Å². The van der Waals surface area contributed by atoms with Gasteiger partial charge in [-0.2, -0.15) is 0 Å². The normalized spacial score (nSPS) is 21.5. The molecule has 3 N–H and O–H groups in total. The van der Waals surface area contributed by atoms with E-state index in [1.165, 1.54) is 17.0 Å². The molecule has 6 rings (SSSR count). The molecule has 4 atom stereocenters. The van der Waals surface area contributed by atoms with Gasteiger partial charge in [0.1, 0.15) is 35.7 Å². The molecule has 51 heavy (non-hydrogen) atoms. The van der Waals surface area contributed by atoms with E-state index in [2.05, 4.69) is 26.3 Å². The van der Waals surface area contributed by atoms with Crippen LogP contribution in [0.2, 0.25) is 0 Å².